The number of ketones is 1. The second-order valence-electron chi connectivity index (χ2n) is 10.1. The van der Waals surface area contributed by atoms with Crippen LogP contribution in [-0.4, -0.2) is 26.3 Å². The van der Waals surface area contributed by atoms with Gasteiger partial charge in [-0.2, -0.15) is 0 Å². The van der Waals surface area contributed by atoms with Crippen molar-refractivity contribution < 1.29 is 4.79 Å². The molecule has 0 aliphatic heterocycles. The fourth-order valence-electron chi connectivity index (χ4n) is 3.89. The van der Waals surface area contributed by atoms with Gasteiger partial charge in [-0.3, -0.25) is 4.79 Å². The normalized spacial score (nSPS) is 12.6. The van der Waals surface area contributed by atoms with Crippen molar-refractivity contribution in [2.45, 2.75) is 77.4 Å². The van der Waals surface area contributed by atoms with Gasteiger partial charge >= 0.3 is 0 Å². The molecule has 2 aromatic carbocycles. The van der Waals surface area contributed by atoms with Crippen LogP contribution in [0.1, 0.15) is 76.2 Å². The van der Waals surface area contributed by atoms with E-state index in [0.29, 0.717) is 17.2 Å². The highest BCUT2D eigenvalue weighted by Gasteiger charge is 2.19. The van der Waals surface area contributed by atoms with Crippen molar-refractivity contribution in [2.24, 2.45) is 5.92 Å². The molecule has 6 heteroatoms. The summed E-state index contributed by atoms with van der Waals surface area (Å²) in [5, 5.41) is 9.88. The topological polar surface area (TPSA) is 47.8 Å². The van der Waals surface area contributed by atoms with Crippen molar-refractivity contribution in [3.8, 4) is 11.4 Å². The molecule has 0 bridgehead atoms. The van der Waals surface area contributed by atoms with E-state index in [9.17, 15) is 4.79 Å². The predicted molar refractivity (Wildman–Crippen MR) is 147 cm³/mol. The van der Waals surface area contributed by atoms with Crippen LogP contribution in [-0.2, 0) is 12.0 Å². The molecule has 4 nitrogen and oxygen atoms in total. The van der Waals surface area contributed by atoms with Gasteiger partial charge in [-0.05, 0) is 35.4 Å². The van der Waals surface area contributed by atoms with E-state index in [1.54, 1.807) is 0 Å². The minimum atomic E-state index is 0.0964. The van der Waals surface area contributed by atoms with Crippen LogP contribution in [0.5, 0.6) is 0 Å². The maximum atomic E-state index is 12.8. The maximum Gasteiger partial charge on any atom is 0.191 e. The van der Waals surface area contributed by atoms with E-state index in [0.717, 1.165) is 27.6 Å². The molecule has 0 unspecified atom stereocenters. The second kappa shape index (κ2) is 12.2. The minimum Gasteiger partial charge on any atom is -0.302 e. The smallest absolute Gasteiger partial charge is 0.191 e. The molecule has 1 aromatic heterocycles. The summed E-state index contributed by atoms with van der Waals surface area (Å²) in [4.78, 5) is 12.8. The lowest BCUT2D eigenvalue weighted by Crippen LogP contribution is -2.12. The number of carbonyl (C=O) groups is 1. The number of unbranched alkanes of at least 4 members (excludes halogenated alkanes) is 2. The van der Waals surface area contributed by atoms with Gasteiger partial charge in [0.1, 0.15) is 0 Å². The highest BCUT2D eigenvalue weighted by Crippen LogP contribution is 2.29. The van der Waals surface area contributed by atoms with Gasteiger partial charge in [0.15, 0.2) is 16.8 Å². The van der Waals surface area contributed by atoms with Crippen molar-refractivity contribution in [1.29, 1.82) is 0 Å². The Morgan fingerprint density at radius 2 is 1.71 bits per heavy atom. The number of thioether (sulfide) groups is 1. The van der Waals surface area contributed by atoms with Gasteiger partial charge in [0.05, 0.1) is 5.75 Å². The minimum absolute atomic E-state index is 0.0964. The van der Waals surface area contributed by atoms with E-state index >= 15 is 0 Å². The summed E-state index contributed by atoms with van der Waals surface area (Å²) in [6.45, 7) is 12.0. The van der Waals surface area contributed by atoms with E-state index in [4.69, 9.17) is 0 Å². The molecule has 3 aromatic rings. The summed E-state index contributed by atoms with van der Waals surface area (Å²) in [5.74, 6) is 1.82. The first-order valence-electron chi connectivity index (χ1n) is 12.1. The molecule has 0 radical (unpaired) electrons. The van der Waals surface area contributed by atoms with Crippen molar-refractivity contribution in [3.05, 3.63) is 64.1 Å². The molecule has 0 saturated carbocycles. The molecule has 34 heavy (non-hydrogen) atoms. The zero-order valence-corrected chi connectivity index (χ0v) is 23.4. The number of benzene rings is 2. The molecule has 3 rings (SSSR count). The summed E-state index contributed by atoms with van der Waals surface area (Å²) < 4.78 is 3.18. The average Bonchev–Trinajstić information content (AvgIpc) is 3.19. The van der Waals surface area contributed by atoms with Crippen LogP contribution in [0.15, 0.2) is 58.2 Å². The van der Waals surface area contributed by atoms with Crippen molar-refractivity contribution in [1.82, 2.24) is 14.8 Å². The summed E-state index contributed by atoms with van der Waals surface area (Å²) in [5.41, 5.74) is 3.18. The summed E-state index contributed by atoms with van der Waals surface area (Å²) in [7, 11) is 0. The Morgan fingerprint density at radius 1 is 1.03 bits per heavy atom. The van der Waals surface area contributed by atoms with Crippen molar-refractivity contribution in [2.75, 3.05) is 5.75 Å². The van der Waals surface area contributed by atoms with E-state index in [1.165, 1.54) is 43.0 Å². The zero-order valence-electron chi connectivity index (χ0n) is 21.0. The highest BCUT2D eigenvalue weighted by atomic mass is 79.9. The number of Topliss-reactive ketones (excluding diaryl/α,β-unsaturated/α-hetero) is 1. The van der Waals surface area contributed by atoms with Gasteiger partial charge < -0.3 is 4.57 Å². The number of hydrogen-bond donors (Lipinski definition) is 0. The molecule has 0 aliphatic carbocycles. The number of nitrogens with zero attached hydrogens (tertiary/aromatic N) is 3. The molecule has 0 saturated heterocycles. The molecule has 182 valence electrons. The fraction of sp³-hybridized carbons (Fsp3) is 0.464. The Labute approximate surface area is 217 Å². The van der Waals surface area contributed by atoms with E-state index in [1.807, 2.05) is 24.3 Å². The van der Waals surface area contributed by atoms with Gasteiger partial charge in [-0.25, -0.2) is 0 Å². The van der Waals surface area contributed by atoms with Crippen LogP contribution in [0.25, 0.3) is 11.4 Å². The van der Waals surface area contributed by atoms with Crippen LogP contribution in [0, 0.1) is 5.92 Å². The van der Waals surface area contributed by atoms with Gasteiger partial charge in [0.2, 0.25) is 0 Å². The molecule has 0 spiro atoms. The Morgan fingerprint density at radius 3 is 2.32 bits per heavy atom. The average molecular weight is 543 g/mol. The first kappa shape index (κ1) is 26.7. The van der Waals surface area contributed by atoms with Crippen LogP contribution < -0.4 is 0 Å². The number of rotatable bonds is 11. The molecular weight excluding hydrogens is 506 g/mol. The van der Waals surface area contributed by atoms with Crippen LogP contribution >= 0.6 is 27.7 Å². The van der Waals surface area contributed by atoms with Crippen LogP contribution in [0.2, 0.25) is 0 Å². The van der Waals surface area contributed by atoms with Crippen molar-refractivity contribution >= 4 is 33.5 Å². The Kier molecular flexibility index (Phi) is 9.55. The van der Waals surface area contributed by atoms with Gasteiger partial charge in [-0.1, -0.05) is 118 Å². The molecule has 1 atom stereocenters. The lowest BCUT2D eigenvalue weighted by Gasteiger charge is -2.19. The second-order valence-corrected chi connectivity index (χ2v) is 11.9. The first-order chi connectivity index (χ1) is 16.2. The van der Waals surface area contributed by atoms with E-state index in [-0.39, 0.29) is 11.2 Å². The fourth-order valence-corrected chi connectivity index (χ4v) is 4.99. The third-order valence-corrected chi connectivity index (χ3v) is 7.51. The lowest BCUT2D eigenvalue weighted by atomic mass is 9.86. The Hall–Kier alpha value is -1.92. The van der Waals surface area contributed by atoms with E-state index in [2.05, 4.69) is 89.6 Å². The third kappa shape index (κ3) is 7.29. The summed E-state index contributed by atoms with van der Waals surface area (Å²) in [6.07, 6.45) is 4.90. The molecule has 0 fully saturated rings. The van der Waals surface area contributed by atoms with Crippen molar-refractivity contribution in [3.63, 3.8) is 0 Å². The quantitative estimate of drug-likeness (QED) is 0.139. The first-order valence-corrected chi connectivity index (χ1v) is 13.9. The summed E-state index contributed by atoms with van der Waals surface area (Å²) >= 11 is 4.90. The zero-order chi connectivity index (χ0) is 24.7. The number of aromatic nitrogens is 3. The highest BCUT2D eigenvalue weighted by molar-refractivity contribution is 9.10. The Balaban J connectivity index is 1.82. The van der Waals surface area contributed by atoms with Crippen LogP contribution in [0.3, 0.4) is 0 Å². The number of carbonyl (C=O) groups excluding carboxylic acids is 1. The monoisotopic (exact) mass is 541 g/mol. The largest absolute Gasteiger partial charge is 0.302 e. The summed E-state index contributed by atoms with van der Waals surface area (Å²) in [6, 6.07) is 16.2. The standard InChI is InChI=1S/C28H36BrN3OS/c1-6-7-8-9-20(2)18-32-26(22-10-14-23(15-11-22)28(3,4)5)30-31-27(32)34-19-25(33)21-12-16-24(29)17-13-21/h10-17,20H,6-9,18-19H2,1-5H3/t20-/m1/s1. The van der Waals surface area contributed by atoms with Gasteiger partial charge in [0.25, 0.3) is 0 Å². The SMILES string of the molecule is CCCCC[C@@H](C)Cn1c(SCC(=O)c2ccc(Br)cc2)nnc1-c1ccc(C(C)(C)C)cc1. The number of hydrogen-bond acceptors (Lipinski definition) is 4. The molecule has 0 N–H and O–H groups in total. The number of halogens is 1. The predicted octanol–water partition coefficient (Wildman–Crippen LogP) is 8.20. The maximum absolute atomic E-state index is 12.8. The Bertz CT molecular complexity index is 1070. The third-order valence-electron chi connectivity index (χ3n) is 6.02. The van der Waals surface area contributed by atoms with Gasteiger partial charge in [0, 0.05) is 22.1 Å². The molecule has 0 amide bonds. The van der Waals surface area contributed by atoms with Gasteiger partial charge in [-0.15, -0.1) is 10.2 Å². The molecule has 0 aliphatic rings. The molecule has 1 heterocycles. The van der Waals surface area contributed by atoms with Crippen LogP contribution in [0.4, 0.5) is 0 Å². The molecular formula is C28H36BrN3OS. The lowest BCUT2D eigenvalue weighted by molar-refractivity contribution is 0.102. The van der Waals surface area contributed by atoms with E-state index < -0.39 is 0 Å².